The molecule has 0 atom stereocenters. The zero-order valence-corrected chi connectivity index (χ0v) is 15.9. The first-order chi connectivity index (χ1) is 14.2. The highest BCUT2D eigenvalue weighted by Crippen LogP contribution is 2.25. The lowest BCUT2D eigenvalue weighted by atomic mass is 10.1. The van der Waals surface area contributed by atoms with Gasteiger partial charge >= 0.3 is 0 Å². The van der Waals surface area contributed by atoms with E-state index in [0.29, 0.717) is 39.2 Å². The molecule has 29 heavy (non-hydrogen) atoms. The number of nitrogens with one attached hydrogen (secondary N) is 2. The molecule has 0 aliphatic carbocycles. The summed E-state index contributed by atoms with van der Waals surface area (Å²) in [5.74, 6) is 0.178. The van der Waals surface area contributed by atoms with Gasteiger partial charge in [0, 0.05) is 5.39 Å². The number of rotatable bonds is 3. The van der Waals surface area contributed by atoms with Gasteiger partial charge in [0.1, 0.15) is 11.8 Å². The summed E-state index contributed by atoms with van der Waals surface area (Å²) >= 11 is 5.27. The summed E-state index contributed by atoms with van der Waals surface area (Å²) < 4.78 is 5.43. The zero-order valence-electron chi connectivity index (χ0n) is 15.0. The number of nitriles is 1. The average Bonchev–Trinajstić information content (AvgIpc) is 3.28. The minimum atomic E-state index is -0.386. The maximum atomic E-state index is 13.0. The van der Waals surface area contributed by atoms with Gasteiger partial charge in [0.05, 0.1) is 28.6 Å². The Morgan fingerprint density at radius 1 is 1.07 bits per heavy atom. The first-order valence-electron chi connectivity index (χ1n) is 8.71. The smallest absolute Gasteiger partial charge is 0.258 e. The molecular formula is C22H14N4O2S. The van der Waals surface area contributed by atoms with Crippen LogP contribution in [-0.4, -0.2) is 16.0 Å². The number of thiocarbonyl (C=S) groups is 1. The van der Waals surface area contributed by atoms with Crippen molar-refractivity contribution in [1.29, 1.82) is 5.26 Å². The lowest BCUT2D eigenvalue weighted by Gasteiger charge is -2.12. The van der Waals surface area contributed by atoms with E-state index >= 15 is 0 Å². The number of anilines is 1. The Morgan fingerprint density at radius 2 is 1.86 bits per heavy atom. The molecule has 2 aromatic carbocycles. The number of aromatic nitrogens is 1. The molecule has 0 saturated carbocycles. The third kappa shape index (κ3) is 3.83. The number of carbonyl (C=O) groups is 1. The maximum absolute atomic E-state index is 13.0. The number of furan rings is 1. The molecule has 1 amide bonds. The maximum Gasteiger partial charge on any atom is 0.258 e. The largest absolute Gasteiger partial charge is 0.463 e. The first-order valence-corrected chi connectivity index (χ1v) is 9.11. The van der Waals surface area contributed by atoms with Crippen LogP contribution in [0.5, 0.6) is 0 Å². The summed E-state index contributed by atoms with van der Waals surface area (Å²) in [6.07, 6.45) is 1.55. The number of benzene rings is 2. The second-order valence-electron chi connectivity index (χ2n) is 6.12. The monoisotopic (exact) mass is 398 g/mol. The Labute approximate surface area is 171 Å². The molecule has 0 aliphatic heterocycles. The van der Waals surface area contributed by atoms with E-state index < -0.39 is 0 Å². The first kappa shape index (κ1) is 18.3. The predicted molar refractivity (Wildman–Crippen MR) is 114 cm³/mol. The van der Waals surface area contributed by atoms with Gasteiger partial charge in [-0.2, -0.15) is 5.26 Å². The van der Waals surface area contributed by atoms with Crippen LogP contribution in [0.1, 0.15) is 15.9 Å². The van der Waals surface area contributed by atoms with E-state index in [0.717, 1.165) is 0 Å². The lowest BCUT2D eigenvalue weighted by molar-refractivity contribution is 0.0979. The summed E-state index contributed by atoms with van der Waals surface area (Å²) in [6, 6.07) is 21.6. The molecule has 140 valence electrons. The van der Waals surface area contributed by atoms with Crippen LogP contribution in [0, 0.1) is 11.3 Å². The quantitative estimate of drug-likeness (QED) is 0.494. The second-order valence-corrected chi connectivity index (χ2v) is 6.52. The van der Waals surface area contributed by atoms with E-state index in [4.69, 9.17) is 16.6 Å². The van der Waals surface area contributed by atoms with Gasteiger partial charge in [-0.15, -0.1) is 0 Å². The van der Waals surface area contributed by atoms with Crippen molar-refractivity contribution < 1.29 is 9.21 Å². The van der Waals surface area contributed by atoms with Crippen LogP contribution in [0.3, 0.4) is 0 Å². The number of fused-ring (bicyclic) bond motifs is 1. The van der Waals surface area contributed by atoms with Crippen molar-refractivity contribution in [2.45, 2.75) is 0 Å². The molecule has 0 fully saturated rings. The van der Waals surface area contributed by atoms with Crippen LogP contribution in [-0.2, 0) is 0 Å². The summed E-state index contributed by atoms with van der Waals surface area (Å²) in [6.45, 7) is 0. The summed E-state index contributed by atoms with van der Waals surface area (Å²) in [5.41, 5.74) is 2.59. The van der Waals surface area contributed by atoms with Gasteiger partial charge in [-0.25, -0.2) is 4.98 Å². The van der Waals surface area contributed by atoms with Crippen molar-refractivity contribution in [3.8, 4) is 17.5 Å². The van der Waals surface area contributed by atoms with Gasteiger partial charge in [0.25, 0.3) is 5.91 Å². The number of hydrogen-bond donors (Lipinski definition) is 2. The molecule has 2 aromatic heterocycles. The Morgan fingerprint density at radius 3 is 2.66 bits per heavy atom. The number of carbonyl (C=O) groups excluding carboxylic acids is 1. The Bertz CT molecular complexity index is 1260. The predicted octanol–water partition coefficient (Wildman–Crippen LogP) is 4.49. The van der Waals surface area contributed by atoms with E-state index in [1.54, 1.807) is 48.7 Å². The van der Waals surface area contributed by atoms with Gasteiger partial charge in [-0.05, 0) is 48.6 Å². The third-order valence-corrected chi connectivity index (χ3v) is 4.46. The van der Waals surface area contributed by atoms with E-state index in [1.165, 1.54) is 0 Å². The minimum Gasteiger partial charge on any atom is -0.463 e. The SMILES string of the molecule is N#Cc1ccccc1NC(=S)NC(=O)c1cc(-c2ccco2)nc2ccccc12. The molecular weight excluding hydrogens is 384 g/mol. The van der Waals surface area contributed by atoms with Gasteiger partial charge < -0.3 is 9.73 Å². The fourth-order valence-corrected chi connectivity index (χ4v) is 3.13. The van der Waals surface area contributed by atoms with Crippen molar-refractivity contribution in [3.05, 3.63) is 84.1 Å². The standard InChI is InChI=1S/C22H14N4O2S/c23-13-14-6-1-3-8-17(14)25-22(29)26-21(27)16-12-19(20-10-5-11-28-20)24-18-9-4-2-7-15(16)18/h1-12H,(H2,25,26,27,29). The molecule has 4 aromatic rings. The van der Waals surface area contributed by atoms with Crippen molar-refractivity contribution in [3.63, 3.8) is 0 Å². The van der Waals surface area contributed by atoms with Crippen LogP contribution in [0.15, 0.2) is 77.4 Å². The Balaban J connectivity index is 1.64. The van der Waals surface area contributed by atoms with Crippen molar-refractivity contribution in [1.82, 2.24) is 10.3 Å². The highest BCUT2D eigenvalue weighted by Gasteiger charge is 2.16. The second kappa shape index (κ2) is 7.92. The fourth-order valence-electron chi connectivity index (χ4n) is 2.93. The van der Waals surface area contributed by atoms with Crippen LogP contribution >= 0.6 is 12.2 Å². The summed E-state index contributed by atoms with van der Waals surface area (Å²) in [5, 5.41) is 15.6. The zero-order chi connectivity index (χ0) is 20.2. The minimum absolute atomic E-state index is 0.0955. The van der Waals surface area contributed by atoms with Crippen LogP contribution < -0.4 is 10.6 Å². The highest BCUT2D eigenvalue weighted by atomic mass is 32.1. The van der Waals surface area contributed by atoms with Crippen LogP contribution in [0.4, 0.5) is 5.69 Å². The summed E-state index contributed by atoms with van der Waals surface area (Å²) in [4.78, 5) is 17.5. The molecule has 0 bridgehead atoms. The van der Waals surface area contributed by atoms with Gasteiger partial charge in [-0.1, -0.05) is 30.3 Å². The van der Waals surface area contributed by atoms with Gasteiger partial charge in [0.2, 0.25) is 0 Å². The molecule has 0 unspecified atom stereocenters. The van der Waals surface area contributed by atoms with E-state index in [1.807, 2.05) is 24.3 Å². The van der Waals surface area contributed by atoms with Gasteiger partial charge in [-0.3, -0.25) is 10.1 Å². The number of pyridine rings is 1. The van der Waals surface area contributed by atoms with E-state index in [2.05, 4.69) is 21.7 Å². The molecule has 0 aliphatic rings. The third-order valence-electron chi connectivity index (χ3n) is 4.26. The lowest BCUT2D eigenvalue weighted by Crippen LogP contribution is -2.34. The van der Waals surface area contributed by atoms with Crippen molar-refractivity contribution in [2.24, 2.45) is 0 Å². The molecule has 7 heteroatoms. The Kier molecular flexibility index (Phi) is 5.01. The van der Waals surface area contributed by atoms with E-state index in [-0.39, 0.29) is 11.0 Å². The summed E-state index contributed by atoms with van der Waals surface area (Å²) in [7, 11) is 0. The molecule has 2 N–H and O–H groups in total. The number of hydrogen-bond acceptors (Lipinski definition) is 5. The normalized spacial score (nSPS) is 10.3. The van der Waals surface area contributed by atoms with Crippen molar-refractivity contribution >= 4 is 39.8 Å². The molecule has 4 rings (SSSR count). The van der Waals surface area contributed by atoms with Crippen LogP contribution in [0.25, 0.3) is 22.4 Å². The van der Waals surface area contributed by atoms with E-state index in [9.17, 15) is 10.1 Å². The highest BCUT2D eigenvalue weighted by molar-refractivity contribution is 7.80. The van der Waals surface area contributed by atoms with Crippen LogP contribution in [0.2, 0.25) is 0 Å². The molecule has 0 spiro atoms. The molecule has 0 radical (unpaired) electrons. The fraction of sp³-hybridized carbons (Fsp3) is 0. The molecule has 0 saturated heterocycles. The van der Waals surface area contributed by atoms with Gasteiger partial charge in [0.15, 0.2) is 10.9 Å². The average molecular weight is 398 g/mol. The Hall–Kier alpha value is -4.02. The molecule has 6 nitrogen and oxygen atoms in total. The van der Waals surface area contributed by atoms with Crippen molar-refractivity contribution in [2.75, 3.05) is 5.32 Å². The number of amides is 1. The molecule has 2 heterocycles. The number of nitrogens with zero attached hydrogens (tertiary/aromatic N) is 2. The number of para-hydroxylation sites is 2. The topological polar surface area (TPSA) is 91.0 Å².